The minimum Gasteiger partial charge on any atom is -0.0622 e. The molecule has 0 bridgehead atoms. The molecule has 98 valence electrons. The van der Waals surface area contributed by atoms with E-state index in [9.17, 15) is 0 Å². The summed E-state index contributed by atoms with van der Waals surface area (Å²) in [5.74, 6) is 0. The molecule has 2 heteroatoms. The second-order valence-corrected chi connectivity index (χ2v) is 6.83. The van der Waals surface area contributed by atoms with Crippen molar-refractivity contribution in [3.63, 3.8) is 0 Å². The van der Waals surface area contributed by atoms with Gasteiger partial charge in [0, 0.05) is 12.7 Å². The first kappa shape index (κ1) is 14.1. The highest BCUT2D eigenvalue weighted by Gasteiger charge is 2.12. The molecule has 3 rings (SSSR count). The van der Waals surface area contributed by atoms with Crippen LogP contribution in [-0.4, -0.2) is 0 Å². The quantitative estimate of drug-likeness (QED) is 0.380. The molecular formula is C18H12I2. The van der Waals surface area contributed by atoms with E-state index in [0.717, 1.165) is 0 Å². The Kier molecular flexibility index (Phi) is 4.41. The van der Waals surface area contributed by atoms with E-state index in [1.807, 2.05) is 0 Å². The van der Waals surface area contributed by atoms with E-state index in [-0.39, 0.29) is 0 Å². The Morgan fingerprint density at radius 1 is 0.500 bits per heavy atom. The van der Waals surface area contributed by atoms with Crippen LogP contribution in [0.5, 0.6) is 0 Å². The fourth-order valence-corrected chi connectivity index (χ4v) is 4.42. The lowest BCUT2D eigenvalue weighted by atomic mass is 9.95. The van der Waals surface area contributed by atoms with Gasteiger partial charge >= 0.3 is 0 Å². The van der Waals surface area contributed by atoms with Crippen molar-refractivity contribution in [3.8, 4) is 22.3 Å². The van der Waals surface area contributed by atoms with Crippen molar-refractivity contribution < 1.29 is 0 Å². The fourth-order valence-electron chi connectivity index (χ4n) is 2.33. The van der Waals surface area contributed by atoms with Crippen LogP contribution in [0, 0.1) is 7.14 Å². The van der Waals surface area contributed by atoms with E-state index < -0.39 is 0 Å². The van der Waals surface area contributed by atoms with Crippen LogP contribution < -0.4 is 0 Å². The molecule has 0 atom stereocenters. The van der Waals surface area contributed by atoms with Crippen molar-refractivity contribution in [3.05, 3.63) is 79.9 Å². The van der Waals surface area contributed by atoms with Gasteiger partial charge in [-0.1, -0.05) is 60.7 Å². The predicted molar refractivity (Wildman–Crippen MR) is 103 cm³/mol. The summed E-state index contributed by atoms with van der Waals surface area (Å²) in [4.78, 5) is 0. The zero-order valence-electron chi connectivity index (χ0n) is 10.7. The first-order chi connectivity index (χ1) is 9.77. The fraction of sp³-hybridized carbons (Fsp3) is 0. The van der Waals surface area contributed by atoms with Crippen molar-refractivity contribution in [1.82, 2.24) is 0 Å². The monoisotopic (exact) mass is 482 g/mol. The van der Waals surface area contributed by atoms with Crippen molar-refractivity contribution in [2.75, 3.05) is 0 Å². The van der Waals surface area contributed by atoms with Gasteiger partial charge in [0.05, 0.1) is 0 Å². The van der Waals surface area contributed by atoms with Crippen molar-refractivity contribution in [2.45, 2.75) is 0 Å². The molecule has 0 amide bonds. The zero-order valence-corrected chi connectivity index (χ0v) is 15.0. The number of halogens is 2. The predicted octanol–water partition coefficient (Wildman–Crippen LogP) is 6.23. The Morgan fingerprint density at radius 2 is 1.05 bits per heavy atom. The van der Waals surface area contributed by atoms with E-state index in [1.54, 1.807) is 0 Å². The van der Waals surface area contributed by atoms with Crippen molar-refractivity contribution in [2.24, 2.45) is 0 Å². The Bertz CT molecular complexity index is 713. The van der Waals surface area contributed by atoms with Gasteiger partial charge in [0.1, 0.15) is 0 Å². The maximum Gasteiger partial charge on any atom is 0.0219 e. The van der Waals surface area contributed by atoms with Crippen LogP contribution in [0.3, 0.4) is 0 Å². The molecule has 20 heavy (non-hydrogen) atoms. The van der Waals surface area contributed by atoms with Gasteiger partial charge in [-0.3, -0.25) is 0 Å². The first-order valence-corrected chi connectivity index (χ1v) is 8.52. The summed E-state index contributed by atoms with van der Waals surface area (Å²) in [7, 11) is 0. The molecule has 0 nitrogen and oxygen atoms in total. The lowest BCUT2D eigenvalue weighted by Gasteiger charge is -2.13. The minimum absolute atomic E-state index is 1.26. The lowest BCUT2D eigenvalue weighted by Crippen LogP contribution is -1.90. The van der Waals surface area contributed by atoms with Crippen LogP contribution in [-0.2, 0) is 0 Å². The summed E-state index contributed by atoms with van der Waals surface area (Å²) in [6.45, 7) is 0. The molecule has 3 aromatic carbocycles. The molecule has 0 spiro atoms. The number of hydrogen-bond donors (Lipinski definition) is 0. The van der Waals surface area contributed by atoms with E-state index in [0.29, 0.717) is 0 Å². The van der Waals surface area contributed by atoms with E-state index >= 15 is 0 Å². The van der Waals surface area contributed by atoms with Gasteiger partial charge < -0.3 is 0 Å². The highest BCUT2D eigenvalue weighted by molar-refractivity contribution is 14.1. The Hall–Kier alpha value is -0.880. The highest BCUT2D eigenvalue weighted by Crippen LogP contribution is 2.36. The lowest BCUT2D eigenvalue weighted by molar-refractivity contribution is 1.53. The van der Waals surface area contributed by atoms with Gasteiger partial charge in [-0.2, -0.15) is 0 Å². The van der Waals surface area contributed by atoms with E-state index in [2.05, 4.69) is 118 Å². The molecule has 0 N–H and O–H groups in total. The van der Waals surface area contributed by atoms with Crippen LogP contribution in [0.1, 0.15) is 0 Å². The average Bonchev–Trinajstić information content (AvgIpc) is 2.48. The summed E-state index contributed by atoms with van der Waals surface area (Å²) in [5.41, 5.74) is 5.18. The molecule has 0 saturated heterocycles. The summed E-state index contributed by atoms with van der Waals surface area (Å²) in [6.07, 6.45) is 0. The third-order valence-electron chi connectivity index (χ3n) is 3.24. The normalized spacial score (nSPS) is 10.5. The van der Waals surface area contributed by atoms with Crippen LogP contribution in [0.25, 0.3) is 22.3 Å². The van der Waals surface area contributed by atoms with Gasteiger partial charge in [-0.25, -0.2) is 0 Å². The summed E-state index contributed by atoms with van der Waals surface area (Å²) in [5, 5.41) is 0. The number of rotatable bonds is 2. The molecule has 0 unspecified atom stereocenters. The molecule has 0 aliphatic heterocycles. The number of hydrogen-bond acceptors (Lipinski definition) is 0. The smallest absolute Gasteiger partial charge is 0.0219 e. The van der Waals surface area contributed by atoms with E-state index in [1.165, 1.54) is 29.4 Å². The molecule has 0 aromatic heterocycles. The van der Waals surface area contributed by atoms with E-state index in [4.69, 9.17) is 0 Å². The highest BCUT2D eigenvalue weighted by atomic mass is 127. The van der Waals surface area contributed by atoms with Crippen molar-refractivity contribution >= 4 is 45.2 Å². The van der Waals surface area contributed by atoms with Crippen LogP contribution in [0.2, 0.25) is 0 Å². The van der Waals surface area contributed by atoms with Gasteiger partial charge in [-0.15, -0.1) is 0 Å². The SMILES string of the molecule is Ic1cccc(I)c1-c1ccccc1-c1ccccc1. The molecule has 0 fully saturated rings. The second-order valence-electron chi connectivity index (χ2n) is 4.51. The van der Waals surface area contributed by atoms with Crippen LogP contribution in [0.4, 0.5) is 0 Å². The molecule has 0 radical (unpaired) electrons. The minimum atomic E-state index is 1.26. The van der Waals surface area contributed by atoms with Gasteiger partial charge in [-0.05, 0) is 74.0 Å². The maximum atomic E-state index is 2.42. The third-order valence-corrected chi connectivity index (χ3v) is 5.04. The molecule has 0 aliphatic carbocycles. The van der Waals surface area contributed by atoms with Gasteiger partial charge in [0.2, 0.25) is 0 Å². The topological polar surface area (TPSA) is 0 Å². The van der Waals surface area contributed by atoms with Crippen LogP contribution in [0.15, 0.2) is 72.8 Å². The Morgan fingerprint density at radius 3 is 1.70 bits per heavy atom. The largest absolute Gasteiger partial charge is 0.0622 e. The summed E-state index contributed by atoms with van der Waals surface area (Å²) < 4.78 is 2.58. The molecular weight excluding hydrogens is 470 g/mol. The molecule has 0 saturated carbocycles. The summed E-state index contributed by atoms with van der Waals surface area (Å²) >= 11 is 4.84. The second kappa shape index (κ2) is 6.26. The zero-order chi connectivity index (χ0) is 13.9. The molecule has 3 aromatic rings. The first-order valence-electron chi connectivity index (χ1n) is 6.36. The van der Waals surface area contributed by atoms with Gasteiger partial charge in [0.25, 0.3) is 0 Å². The maximum absolute atomic E-state index is 2.42. The third kappa shape index (κ3) is 2.76. The standard InChI is InChI=1S/C18H12I2/c19-16-11-6-12-17(20)18(16)15-10-5-4-9-14(15)13-7-2-1-3-8-13/h1-12H. The Balaban J connectivity index is 2.26. The number of benzene rings is 3. The van der Waals surface area contributed by atoms with Crippen molar-refractivity contribution in [1.29, 1.82) is 0 Å². The molecule has 0 heterocycles. The average molecular weight is 482 g/mol. The Labute approximate surface area is 146 Å². The van der Waals surface area contributed by atoms with Crippen LogP contribution >= 0.6 is 45.2 Å². The molecule has 0 aliphatic rings. The van der Waals surface area contributed by atoms with Gasteiger partial charge in [0.15, 0.2) is 0 Å². The summed E-state index contributed by atoms with van der Waals surface area (Å²) in [6, 6.07) is 25.6.